The van der Waals surface area contributed by atoms with Crippen molar-refractivity contribution in [2.45, 2.75) is 206 Å². The molecule has 0 radical (unpaired) electrons. The molecule has 1 rings (SSSR count). The number of hydrogen-bond donors (Lipinski definition) is 1. The Hall–Kier alpha value is -1.95. The predicted molar refractivity (Wildman–Crippen MR) is 234 cm³/mol. The molecule has 0 saturated heterocycles. The van der Waals surface area contributed by atoms with Crippen LogP contribution in [0.3, 0.4) is 0 Å². The highest BCUT2D eigenvalue weighted by atomic mass is 16.5. The van der Waals surface area contributed by atoms with Gasteiger partial charge in [-0.3, -0.25) is 0 Å². The van der Waals surface area contributed by atoms with Gasteiger partial charge in [0.15, 0.2) is 0 Å². The van der Waals surface area contributed by atoms with Crippen molar-refractivity contribution < 1.29 is 23.9 Å². The Labute approximate surface area is 335 Å². The summed E-state index contributed by atoms with van der Waals surface area (Å²) in [7, 11) is 4.47. The lowest BCUT2D eigenvalue weighted by Gasteiger charge is -2.33. The summed E-state index contributed by atoms with van der Waals surface area (Å²) >= 11 is 0. The van der Waals surface area contributed by atoms with Gasteiger partial charge in [0.05, 0.1) is 26.3 Å². The molecule has 0 aliphatic rings. The van der Waals surface area contributed by atoms with Crippen LogP contribution in [0.2, 0.25) is 0 Å². The van der Waals surface area contributed by atoms with E-state index in [1.165, 1.54) is 167 Å². The molecule has 0 amide bonds. The zero-order valence-corrected chi connectivity index (χ0v) is 36.1. The van der Waals surface area contributed by atoms with Crippen LogP contribution in [0.15, 0.2) is 48.6 Å². The summed E-state index contributed by atoms with van der Waals surface area (Å²) in [6.07, 6.45) is 46.4. The lowest BCUT2D eigenvalue weighted by Crippen LogP contribution is -2.47. The third kappa shape index (κ3) is 32.3. The lowest BCUT2D eigenvalue weighted by molar-refractivity contribution is -0.906. The molecule has 1 aromatic rings. The Balaban J connectivity index is 2.27. The molecule has 1 aromatic carbocycles. The molecule has 0 spiro atoms. The van der Waals surface area contributed by atoms with E-state index in [1.807, 2.05) is 12.1 Å². The molecular formula is C49H88NO4+. The Morgan fingerprint density at radius 3 is 1.39 bits per heavy atom. The van der Waals surface area contributed by atoms with Crippen LogP contribution >= 0.6 is 0 Å². The number of aromatic carboxylic acids is 1. The van der Waals surface area contributed by atoms with Gasteiger partial charge in [-0.1, -0.05) is 166 Å². The third-order valence-corrected chi connectivity index (χ3v) is 10.6. The maximum Gasteiger partial charge on any atom is 0.335 e. The maximum atomic E-state index is 11.3. The molecule has 1 unspecified atom stereocenters. The second-order valence-corrected chi connectivity index (χ2v) is 16.7. The van der Waals surface area contributed by atoms with Gasteiger partial charge in [0.2, 0.25) is 0 Å². The molecule has 0 aliphatic carbocycles. The number of quaternary nitrogens is 1. The third-order valence-electron chi connectivity index (χ3n) is 10.6. The number of carboxylic acid groups (broad SMARTS) is 1. The minimum atomic E-state index is -0.881. The van der Waals surface area contributed by atoms with E-state index in [0.717, 1.165) is 49.2 Å². The number of benzene rings is 1. The molecule has 0 fully saturated rings. The van der Waals surface area contributed by atoms with E-state index < -0.39 is 5.97 Å². The highest BCUT2D eigenvalue weighted by molar-refractivity contribution is 5.87. The smallest absolute Gasteiger partial charge is 0.335 e. The van der Waals surface area contributed by atoms with E-state index in [0.29, 0.717) is 12.2 Å². The lowest BCUT2D eigenvalue weighted by atomic mass is 10.1. The average molecular weight is 755 g/mol. The SMILES string of the molecule is CCCCCCCC/C=C\CCCCCCCCOCC(C[N+](C)(C)Cc1ccc(C(=O)O)cc1)OCCCCCCCC/C=C\CCCCCCCC. The molecule has 0 heterocycles. The molecular weight excluding hydrogens is 667 g/mol. The van der Waals surface area contributed by atoms with Crippen molar-refractivity contribution in [3.63, 3.8) is 0 Å². The molecule has 0 saturated carbocycles. The highest BCUT2D eigenvalue weighted by Crippen LogP contribution is 2.16. The number of carboxylic acids is 1. The van der Waals surface area contributed by atoms with E-state index in [4.69, 9.17) is 9.47 Å². The molecule has 0 bridgehead atoms. The number of nitrogens with zero attached hydrogens (tertiary/aromatic N) is 1. The summed E-state index contributed by atoms with van der Waals surface area (Å²) in [6, 6.07) is 7.29. The van der Waals surface area contributed by atoms with Crippen molar-refractivity contribution in [1.82, 2.24) is 0 Å². The average Bonchev–Trinajstić information content (AvgIpc) is 3.15. The number of rotatable bonds is 40. The van der Waals surface area contributed by atoms with Gasteiger partial charge in [-0.2, -0.15) is 0 Å². The predicted octanol–water partition coefficient (Wildman–Crippen LogP) is 14.4. The van der Waals surface area contributed by atoms with Gasteiger partial charge in [0.1, 0.15) is 19.2 Å². The Bertz CT molecular complexity index is 1020. The zero-order valence-electron chi connectivity index (χ0n) is 36.1. The van der Waals surface area contributed by atoms with Crippen molar-refractivity contribution in [2.24, 2.45) is 0 Å². The van der Waals surface area contributed by atoms with Crippen LogP contribution in [0.1, 0.15) is 210 Å². The van der Waals surface area contributed by atoms with Crippen LogP contribution in [-0.2, 0) is 16.0 Å². The topological polar surface area (TPSA) is 55.8 Å². The van der Waals surface area contributed by atoms with Gasteiger partial charge in [0, 0.05) is 18.8 Å². The second-order valence-electron chi connectivity index (χ2n) is 16.7. The van der Waals surface area contributed by atoms with Gasteiger partial charge in [-0.25, -0.2) is 4.79 Å². The summed E-state index contributed by atoms with van der Waals surface area (Å²) in [4.78, 5) is 11.3. The summed E-state index contributed by atoms with van der Waals surface area (Å²) < 4.78 is 13.5. The van der Waals surface area contributed by atoms with E-state index in [2.05, 4.69) is 52.2 Å². The van der Waals surface area contributed by atoms with Crippen LogP contribution in [-0.4, -0.2) is 62.1 Å². The standard InChI is InChI=1S/C49H87NO4/c1-5-7-9-11-13-15-17-19-21-23-25-27-29-31-33-35-41-53-45-48(44-50(3,4)43-46-37-39-47(40-38-46)49(51)52)54-42-36-34-32-30-28-26-24-22-20-18-16-14-12-10-8-6-2/h19-22,37-40,48H,5-18,23-36,41-45H2,1-4H3/p+1/b21-19-,22-20-. The maximum absolute atomic E-state index is 11.3. The second kappa shape index (κ2) is 36.7. The van der Waals surface area contributed by atoms with Crippen LogP contribution in [0.4, 0.5) is 0 Å². The molecule has 0 aliphatic heterocycles. The number of likely N-dealkylation sites (N-methyl/N-ethyl adjacent to an activating group) is 1. The highest BCUT2D eigenvalue weighted by Gasteiger charge is 2.24. The van der Waals surface area contributed by atoms with Crippen molar-refractivity contribution in [1.29, 1.82) is 0 Å². The molecule has 5 heteroatoms. The Kier molecular flexibility index (Phi) is 34.0. The van der Waals surface area contributed by atoms with Gasteiger partial charge < -0.3 is 19.1 Å². The fourth-order valence-corrected chi connectivity index (χ4v) is 7.28. The van der Waals surface area contributed by atoms with Crippen LogP contribution < -0.4 is 0 Å². The molecule has 312 valence electrons. The quantitative estimate of drug-likeness (QED) is 0.0412. The first-order valence-electron chi connectivity index (χ1n) is 23.0. The molecule has 1 atom stereocenters. The first kappa shape index (κ1) is 50.1. The first-order valence-corrected chi connectivity index (χ1v) is 23.0. The van der Waals surface area contributed by atoms with Crippen molar-refractivity contribution in [3.05, 3.63) is 59.7 Å². The summed E-state index contributed by atoms with van der Waals surface area (Å²) in [5.74, 6) is -0.881. The fourth-order valence-electron chi connectivity index (χ4n) is 7.28. The zero-order chi connectivity index (χ0) is 39.2. The van der Waals surface area contributed by atoms with Crippen molar-refractivity contribution in [2.75, 3.05) is 40.5 Å². The van der Waals surface area contributed by atoms with Crippen LogP contribution in [0, 0.1) is 0 Å². The number of unbranched alkanes of at least 4 members (excludes halogenated alkanes) is 24. The largest absolute Gasteiger partial charge is 0.478 e. The van der Waals surface area contributed by atoms with Crippen molar-refractivity contribution >= 4 is 5.97 Å². The van der Waals surface area contributed by atoms with E-state index in [9.17, 15) is 9.90 Å². The minimum Gasteiger partial charge on any atom is -0.478 e. The molecule has 0 aromatic heterocycles. The summed E-state index contributed by atoms with van der Waals surface area (Å²) in [5, 5.41) is 9.28. The number of allylic oxidation sites excluding steroid dienone is 4. The van der Waals surface area contributed by atoms with Gasteiger partial charge in [-0.05, 0) is 76.3 Å². The number of ether oxygens (including phenoxy) is 2. The normalized spacial score (nSPS) is 12.7. The van der Waals surface area contributed by atoms with E-state index in [1.54, 1.807) is 12.1 Å². The van der Waals surface area contributed by atoms with Crippen molar-refractivity contribution in [3.8, 4) is 0 Å². The number of carbonyl (C=O) groups is 1. The monoisotopic (exact) mass is 755 g/mol. The Morgan fingerprint density at radius 2 is 0.963 bits per heavy atom. The van der Waals surface area contributed by atoms with Gasteiger partial charge >= 0.3 is 5.97 Å². The van der Waals surface area contributed by atoms with E-state index >= 15 is 0 Å². The molecule has 1 N–H and O–H groups in total. The van der Waals surface area contributed by atoms with Crippen LogP contribution in [0.25, 0.3) is 0 Å². The van der Waals surface area contributed by atoms with Gasteiger partial charge in [-0.15, -0.1) is 0 Å². The number of hydrogen-bond acceptors (Lipinski definition) is 3. The minimum absolute atomic E-state index is 0.0514. The molecule has 54 heavy (non-hydrogen) atoms. The molecule has 5 nitrogen and oxygen atoms in total. The summed E-state index contributed by atoms with van der Waals surface area (Å²) in [6.45, 7) is 8.48. The van der Waals surface area contributed by atoms with Crippen LogP contribution in [0.5, 0.6) is 0 Å². The fraction of sp³-hybridized carbons (Fsp3) is 0.776. The van der Waals surface area contributed by atoms with E-state index in [-0.39, 0.29) is 6.10 Å². The summed E-state index contributed by atoms with van der Waals surface area (Å²) in [5.41, 5.74) is 1.47. The van der Waals surface area contributed by atoms with Gasteiger partial charge in [0.25, 0.3) is 0 Å². The Morgan fingerprint density at radius 1 is 0.574 bits per heavy atom. The first-order chi connectivity index (χ1) is 26.4.